The molecule has 1 aliphatic rings. The molecule has 1 aliphatic heterocycles. The van der Waals surface area contributed by atoms with E-state index in [4.69, 9.17) is 0 Å². The number of aromatic nitrogens is 1. The van der Waals surface area contributed by atoms with Gasteiger partial charge in [-0.2, -0.15) is 0 Å². The Bertz CT molecular complexity index is 759. The molecule has 1 aromatic heterocycles. The standard InChI is InChI=1S/C17H18FN3O2S/c1-11-19-14(10-24-11)9-20(2)17(23)12-7-16(22)21(8-12)15-5-3-13(18)4-6-15/h3-6,10,12H,7-9H2,1-2H3/t12-/m1/s1. The Morgan fingerprint density at radius 3 is 2.75 bits per heavy atom. The van der Waals surface area contributed by atoms with Crippen LogP contribution in [0.1, 0.15) is 17.1 Å². The normalized spacial score (nSPS) is 17.4. The van der Waals surface area contributed by atoms with Crippen molar-refractivity contribution in [2.24, 2.45) is 5.92 Å². The third-order valence-electron chi connectivity index (χ3n) is 4.05. The number of carbonyl (C=O) groups excluding carboxylic acids is 2. The molecular formula is C17H18FN3O2S. The SMILES string of the molecule is Cc1nc(CN(C)C(=O)[C@@H]2CC(=O)N(c3ccc(F)cc3)C2)cs1. The molecule has 0 aliphatic carbocycles. The predicted octanol–water partition coefficient (Wildman–Crippen LogP) is 2.60. The summed E-state index contributed by atoms with van der Waals surface area (Å²) in [7, 11) is 1.72. The molecule has 1 saturated heterocycles. The second kappa shape index (κ2) is 6.68. The van der Waals surface area contributed by atoms with Gasteiger partial charge >= 0.3 is 0 Å². The minimum atomic E-state index is -0.382. The van der Waals surface area contributed by atoms with Crippen molar-refractivity contribution in [3.05, 3.63) is 46.2 Å². The molecule has 1 aromatic carbocycles. The van der Waals surface area contributed by atoms with Gasteiger partial charge in [-0.1, -0.05) is 0 Å². The molecule has 0 bridgehead atoms. The van der Waals surface area contributed by atoms with Gasteiger partial charge in [0.15, 0.2) is 0 Å². The molecule has 1 atom stereocenters. The van der Waals surface area contributed by atoms with Crippen LogP contribution in [0.3, 0.4) is 0 Å². The quantitative estimate of drug-likeness (QED) is 0.854. The summed E-state index contributed by atoms with van der Waals surface area (Å²) in [6.07, 6.45) is 0.177. The van der Waals surface area contributed by atoms with Crippen LogP contribution in [0.5, 0.6) is 0 Å². The molecule has 0 saturated carbocycles. The first kappa shape index (κ1) is 16.6. The van der Waals surface area contributed by atoms with Gasteiger partial charge in [0, 0.05) is 31.1 Å². The monoisotopic (exact) mass is 347 g/mol. The van der Waals surface area contributed by atoms with E-state index in [0.29, 0.717) is 18.8 Å². The van der Waals surface area contributed by atoms with Gasteiger partial charge in [0.2, 0.25) is 11.8 Å². The van der Waals surface area contributed by atoms with Gasteiger partial charge in [0.05, 0.1) is 23.2 Å². The van der Waals surface area contributed by atoms with Crippen LogP contribution in [-0.4, -0.2) is 35.3 Å². The highest BCUT2D eigenvalue weighted by molar-refractivity contribution is 7.09. The molecule has 2 heterocycles. The average molecular weight is 347 g/mol. The van der Waals surface area contributed by atoms with Gasteiger partial charge in [-0.15, -0.1) is 11.3 Å². The van der Waals surface area contributed by atoms with Crippen molar-refractivity contribution in [3.63, 3.8) is 0 Å². The Morgan fingerprint density at radius 1 is 1.42 bits per heavy atom. The fraction of sp³-hybridized carbons (Fsp3) is 0.353. The minimum absolute atomic E-state index is 0.0707. The summed E-state index contributed by atoms with van der Waals surface area (Å²) >= 11 is 1.55. The smallest absolute Gasteiger partial charge is 0.228 e. The number of anilines is 1. The van der Waals surface area contributed by atoms with E-state index >= 15 is 0 Å². The zero-order valence-corrected chi connectivity index (χ0v) is 14.3. The number of hydrogen-bond donors (Lipinski definition) is 0. The fourth-order valence-corrected chi connectivity index (χ4v) is 3.46. The van der Waals surface area contributed by atoms with Gasteiger partial charge in [-0.3, -0.25) is 9.59 Å². The van der Waals surface area contributed by atoms with Crippen LogP contribution in [0.4, 0.5) is 10.1 Å². The summed E-state index contributed by atoms with van der Waals surface area (Å²) in [5.74, 6) is -0.917. The van der Waals surface area contributed by atoms with Crippen molar-refractivity contribution in [3.8, 4) is 0 Å². The highest BCUT2D eigenvalue weighted by Gasteiger charge is 2.36. The molecule has 3 rings (SSSR count). The highest BCUT2D eigenvalue weighted by Crippen LogP contribution is 2.26. The summed E-state index contributed by atoms with van der Waals surface area (Å²) < 4.78 is 13.0. The van der Waals surface area contributed by atoms with Crippen LogP contribution >= 0.6 is 11.3 Å². The number of halogens is 1. The van der Waals surface area contributed by atoms with Crippen molar-refractivity contribution < 1.29 is 14.0 Å². The van der Waals surface area contributed by atoms with E-state index in [1.54, 1.807) is 40.3 Å². The van der Waals surface area contributed by atoms with Gasteiger partial charge in [0.25, 0.3) is 0 Å². The summed E-state index contributed by atoms with van der Waals surface area (Å²) in [5.41, 5.74) is 1.47. The molecule has 0 N–H and O–H groups in total. The second-order valence-electron chi connectivity index (χ2n) is 5.93. The van der Waals surface area contributed by atoms with E-state index in [1.165, 1.54) is 12.1 Å². The lowest BCUT2D eigenvalue weighted by molar-refractivity contribution is -0.135. The molecule has 0 unspecified atom stereocenters. The third-order valence-corrected chi connectivity index (χ3v) is 4.88. The maximum Gasteiger partial charge on any atom is 0.228 e. The van der Waals surface area contributed by atoms with E-state index in [9.17, 15) is 14.0 Å². The first-order chi connectivity index (χ1) is 11.4. The molecule has 2 aromatic rings. The van der Waals surface area contributed by atoms with Crippen LogP contribution in [0.25, 0.3) is 0 Å². The first-order valence-electron chi connectivity index (χ1n) is 7.66. The topological polar surface area (TPSA) is 53.5 Å². The summed E-state index contributed by atoms with van der Waals surface area (Å²) in [4.78, 5) is 32.3. The lowest BCUT2D eigenvalue weighted by atomic mass is 10.1. The number of aryl methyl sites for hydroxylation is 1. The Balaban J connectivity index is 1.66. The minimum Gasteiger partial charge on any atom is -0.340 e. The lowest BCUT2D eigenvalue weighted by Crippen LogP contribution is -2.34. The molecule has 2 amide bonds. The Morgan fingerprint density at radius 2 is 2.12 bits per heavy atom. The predicted molar refractivity (Wildman–Crippen MR) is 90.2 cm³/mol. The fourth-order valence-electron chi connectivity index (χ4n) is 2.86. The van der Waals surface area contributed by atoms with Crippen LogP contribution in [0.2, 0.25) is 0 Å². The number of nitrogens with zero attached hydrogens (tertiary/aromatic N) is 3. The number of carbonyl (C=O) groups is 2. The van der Waals surface area contributed by atoms with Crippen LogP contribution in [0.15, 0.2) is 29.6 Å². The maximum atomic E-state index is 13.0. The molecule has 1 fully saturated rings. The number of thiazole rings is 1. The van der Waals surface area contributed by atoms with E-state index < -0.39 is 0 Å². The van der Waals surface area contributed by atoms with Gasteiger partial charge in [-0.25, -0.2) is 9.37 Å². The number of hydrogen-bond acceptors (Lipinski definition) is 4. The van der Waals surface area contributed by atoms with Crippen molar-refractivity contribution in [1.29, 1.82) is 0 Å². The highest BCUT2D eigenvalue weighted by atomic mass is 32.1. The van der Waals surface area contributed by atoms with E-state index in [0.717, 1.165) is 10.7 Å². The Hall–Kier alpha value is -2.28. The molecular weight excluding hydrogens is 329 g/mol. The Kier molecular flexibility index (Phi) is 4.62. The van der Waals surface area contributed by atoms with E-state index in [-0.39, 0.29) is 30.0 Å². The molecule has 5 nitrogen and oxygen atoms in total. The summed E-state index contributed by atoms with van der Waals surface area (Å²) in [6.45, 7) is 2.68. The molecule has 0 spiro atoms. The zero-order valence-electron chi connectivity index (χ0n) is 13.5. The zero-order chi connectivity index (χ0) is 17.3. The molecule has 0 radical (unpaired) electrons. The number of amides is 2. The average Bonchev–Trinajstić information content (AvgIpc) is 3.13. The van der Waals surface area contributed by atoms with Crippen LogP contribution in [-0.2, 0) is 16.1 Å². The first-order valence-corrected chi connectivity index (χ1v) is 8.54. The van der Waals surface area contributed by atoms with E-state index in [1.807, 2.05) is 12.3 Å². The Labute approximate surface area is 143 Å². The van der Waals surface area contributed by atoms with Crippen molar-refractivity contribution >= 4 is 28.8 Å². The maximum absolute atomic E-state index is 13.0. The van der Waals surface area contributed by atoms with Gasteiger partial charge in [0.1, 0.15) is 5.82 Å². The van der Waals surface area contributed by atoms with Crippen molar-refractivity contribution in [1.82, 2.24) is 9.88 Å². The summed E-state index contributed by atoms with van der Waals surface area (Å²) in [5, 5.41) is 2.90. The van der Waals surface area contributed by atoms with Gasteiger partial charge < -0.3 is 9.80 Å². The molecule has 126 valence electrons. The largest absolute Gasteiger partial charge is 0.340 e. The van der Waals surface area contributed by atoms with Crippen molar-refractivity contribution in [2.45, 2.75) is 19.9 Å². The lowest BCUT2D eigenvalue weighted by Gasteiger charge is -2.21. The number of benzene rings is 1. The van der Waals surface area contributed by atoms with Gasteiger partial charge in [-0.05, 0) is 31.2 Å². The number of rotatable bonds is 4. The third kappa shape index (κ3) is 3.46. The molecule has 7 heteroatoms. The summed E-state index contributed by atoms with van der Waals surface area (Å²) in [6, 6.07) is 5.74. The van der Waals surface area contributed by atoms with E-state index in [2.05, 4.69) is 4.98 Å². The van der Waals surface area contributed by atoms with Crippen molar-refractivity contribution in [2.75, 3.05) is 18.5 Å². The van der Waals surface area contributed by atoms with Crippen LogP contribution < -0.4 is 4.90 Å². The second-order valence-corrected chi connectivity index (χ2v) is 7.00. The van der Waals surface area contributed by atoms with Crippen LogP contribution in [0, 0.1) is 18.7 Å². The molecule has 24 heavy (non-hydrogen) atoms.